The zero-order valence-electron chi connectivity index (χ0n) is 11.3. The third-order valence-corrected chi connectivity index (χ3v) is 3.81. The van der Waals surface area contributed by atoms with E-state index in [1.165, 1.54) is 0 Å². The standard InChI is InChI=1S/C13H19N3O2S/c1-3-5-6-19-13-14-8-9-7-10(18-4-2)12(17)15-11(9)16-13/h7,9H,3-6,8H2,1-2H3,(H,14,15,16,17). The maximum absolute atomic E-state index is 11.8. The number of nitrogens with one attached hydrogen (secondary N) is 1. The van der Waals surface area contributed by atoms with Crippen LogP contribution < -0.4 is 5.32 Å². The van der Waals surface area contributed by atoms with Crippen LogP contribution in [0.25, 0.3) is 0 Å². The summed E-state index contributed by atoms with van der Waals surface area (Å²) in [5, 5.41) is 3.57. The Morgan fingerprint density at radius 2 is 2.37 bits per heavy atom. The van der Waals surface area contributed by atoms with Crippen molar-refractivity contribution < 1.29 is 9.53 Å². The molecule has 104 valence electrons. The summed E-state index contributed by atoms with van der Waals surface area (Å²) in [6, 6.07) is 0. The van der Waals surface area contributed by atoms with Gasteiger partial charge in [-0.2, -0.15) is 0 Å². The average Bonchev–Trinajstić information content (AvgIpc) is 2.40. The molecule has 0 fully saturated rings. The van der Waals surface area contributed by atoms with E-state index in [4.69, 9.17) is 4.74 Å². The third kappa shape index (κ3) is 3.59. The third-order valence-electron chi connectivity index (χ3n) is 2.84. The summed E-state index contributed by atoms with van der Waals surface area (Å²) in [4.78, 5) is 20.6. The van der Waals surface area contributed by atoms with Crippen molar-refractivity contribution in [2.45, 2.75) is 26.7 Å². The molecule has 2 aliphatic heterocycles. The van der Waals surface area contributed by atoms with Crippen LogP contribution >= 0.6 is 11.8 Å². The number of fused-ring (bicyclic) bond motifs is 1. The fourth-order valence-corrected chi connectivity index (χ4v) is 2.77. The van der Waals surface area contributed by atoms with Gasteiger partial charge >= 0.3 is 0 Å². The van der Waals surface area contributed by atoms with E-state index in [2.05, 4.69) is 22.2 Å². The van der Waals surface area contributed by atoms with E-state index in [0.29, 0.717) is 24.7 Å². The number of rotatable bonds is 5. The molecule has 0 aromatic rings. The molecule has 1 unspecified atom stereocenters. The highest BCUT2D eigenvalue weighted by atomic mass is 32.2. The van der Waals surface area contributed by atoms with Gasteiger partial charge in [-0.1, -0.05) is 25.1 Å². The Balaban J connectivity index is 2.01. The normalized spacial score (nSPS) is 21.9. The van der Waals surface area contributed by atoms with Gasteiger partial charge < -0.3 is 10.1 Å². The molecule has 0 spiro atoms. The molecule has 1 amide bonds. The molecule has 0 aromatic carbocycles. The number of ether oxygens (including phenoxy) is 1. The summed E-state index contributed by atoms with van der Waals surface area (Å²) in [5.41, 5.74) is 0. The summed E-state index contributed by atoms with van der Waals surface area (Å²) in [5.74, 6) is 1.92. The highest BCUT2D eigenvalue weighted by Gasteiger charge is 2.29. The lowest BCUT2D eigenvalue weighted by atomic mass is 10.0. The lowest BCUT2D eigenvalue weighted by Crippen LogP contribution is -2.43. The summed E-state index contributed by atoms with van der Waals surface area (Å²) in [6.07, 6.45) is 4.13. The molecule has 0 saturated carbocycles. The Morgan fingerprint density at radius 3 is 3.11 bits per heavy atom. The number of thioether (sulfide) groups is 1. The fourth-order valence-electron chi connectivity index (χ4n) is 1.83. The molecule has 2 rings (SSSR count). The van der Waals surface area contributed by atoms with Crippen LogP contribution in [0.2, 0.25) is 0 Å². The maximum atomic E-state index is 11.8. The zero-order chi connectivity index (χ0) is 13.7. The summed E-state index contributed by atoms with van der Waals surface area (Å²) >= 11 is 1.65. The lowest BCUT2D eigenvalue weighted by molar-refractivity contribution is -0.119. The summed E-state index contributed by atoms with van der Waals surface area (Å²) < 4.78 is 5.29. The molecule has 6 heteroatoms. The minimum Gasteiger partial charge on any atom is -0.488 e. The van der Waals surface area contributed by atoms with Gasteiger partial charge in [0.25, 0.3) is 5.91 Å². The van der Waals surface area contributed by atoms with Gasteiger partial charge in [0.1, 0.15) is 5.84 Å². The molecule has 0 aromatic heterocycles. The monoisotopic (exact) mass is 281 g/mol. The molecule has 0 radical (unpaired) electrons. The summed E-state index contributed by atoms with van der Waals surface area (Å²) in [6.45, 7) is 5.13. The van der Waals surface area contributed by atoms with Crippen LogP contribution in [-0.2, 0) is 9.53 Å². The predicted octanol–water partition coefficient (Wildman–Crippen LogP) is 1.95. The fraction of sp³-hybridized carbons (Fsp3) is 0.615. The Hall–Kier alpha value is -1.30. The van der Waals surface area contributed by atoms with Gasteiger partial charge in [-0.3, -0.25) is 9.79 Å². The first-order valence-electron chi connectivity index (χ1n) is 6.66. The van der Waals surface area contributed by atoms with Crippen molar-refractivity contribution in [1.29, 1.82) is 0 Å². The van der Waals surface area contributed by atoms with Gasteiger partial charge in [-0.15, -0.1) is 0 Å². The Morgan fingerprint density at radius 1 is 1.53 bits per heavy atom. The number of hydrogen-bond acceptors (Lipinski definition) is 5. The molecule has 2 aliphatic rings. The molecule has 1 atom stereocenters. The van der Waals surface area contributed by atoms with Gasteiger partial charge in [-0.25, -0.2) is 4.99 Å². The topological polar surface area (TPSA) is 63.0 Å². The van der Waals surface area contributed by atoms with Crippen LogP contribution in [-0.4, -0.2) is 35.8 Å². The number of carbonyl (C=O) groups is 1. The quantitative estimate of drug-likeness (QED) is 0.783. The van der Waals surface area contributed by atoms with Gasteiger partial charge in [0.05, 0.1) is 19.1 Å². The van der Waals surface area contributed by atoms with Crippen molar-refractivity contribution in [2.24, 2.45) is 15.9 Å². The number of amidine groups is 2. The van der Waals surface area contributed by atoms with Crippen molar-refractivity contribution >= 4 is 28.7 Å². The van der Waals surface area contributed by atoms with Crippen LogP contribution in [0.4, 0.5) is 0 Å². The largest absolute Gasteiger partial charge is 0.488 e. The highest BCUT2D eigenvalue weighted by Crippen LogP contribution is 2.20. The van der Waals surface area contributed by atoms with E-state index in [-0.39, 0.29) is 11.8 Å². The molecule has 1 N–H and O–H groups in total. The second-order valence-electron chi connectivity index (χ2n) is 4.35. The van der Waals surface area contributed by atoms with Crippen molar-refractivity contribution in [3.63, 3.8) is 0 Å². The molecule has 0 aliphatic carbocycles. The van der Waals surface area contributed by atoms with E-state index < -0.39 is 0 Å². The van der Waals surface area contributed by atoms with Crippen LogP contribution in [0.5, 0.6) is 0 Å². The molecular formula is C13H19N3O2S. The van der Waals surface area contributed by atoms with Crippen LogP contribution in [0.3, 0.4) is 0 Å². The van der Waals surface area contributed by atoms with Gasteiger partial charge in [0, 0.05) is 5.75 Å². The first kappa shape index (κ1) is 14.1. The molecule has 5 nitrogen and oxygen atoms in total. The Labute approximate surface area is 117 Å². The number of amides is 1. The van der Waals surface area contributed by atoms with Crippen LogP contribution in [0.15, 0.2) is 21.8 Å². The Kier molecular flexibility index (Phi) is 5.01. The van der Waals surface area contributed by atoms with Crippen LogP contribution in [0.1, 0.15) is 26.7 Å². The van der Waals surface area contributed by atoms with Crippen molar-refractivity contribution in [1.82, 2.24) is 5.32 Å². The van der Waals surface area contributed by atoms with E-state index in [1.807, 2.05) is 13.0 Å². The number of unbranched alkanes of at least 4 members (excludes halogenated alkanes) is 1. The first-order chi connectivity index (χ1) is 9.24. The molecule has 2 heterocycles. The Bertz CT molecular complexity index is 443. The van der Waals surface area contributed by atoms with Gasteiger partial charge in [0.15, 0.2) is 10.9 Å². The number of nitrogens with zero attached hydrogens (tertiary/aromatic N) is 2. The smallest absolute Gasteiger partial charge is 0.291 e. The van der Waals surface area contributed by atoms with E-state index in [0.717, 1.165) is 23.8 Å². The van der Waals surface area contributed by atoms with Crippen LogP contribution in [0, 0.1) is 5.92 Å². The minimum atomic E-state index is -0.211. The number of aliphatic imine (C=N–C) groups is 2. The van der Waals surface area contributed by atoms with E-state index in [1.54, 1.807) is 11.8 Å². The minimum absolute atomic E-state index is 0.0368. The number of carbonyl (C=O) groups excluding carboxylic acids is 1. The second-order valence-corrected chi connectivity index (χ2v) is 5.41. The first-order valence-corrected chi connectivity index (χ1v) is 7.65. The highest BCUT2D eigenvalue weighted by molar-refractivity contribution is 8.13. The number of hydrogen-bond donors (Lipinski definition) is 1. The van der Waals surface area contributed by atoms with Crippen molar-refractivity contribution in [3.05, 3.63) is 11.8 Å². The summed E-state index contributed by atoms with van der Waals surface area (Å²) in [7, 11) is 0. The van der Waals surface area contributed by atoms with Crippen molar-refractivity contribution in [2.75, 3.05) is 18.9 Å². The lowest BCUT2D eigenvalue weighted by Gasteiger charge is -2.25. The second kappa shape index (κ2) is 6.75. The molecule has 0 bridgehead atoms. The predicted molar refractivity (Wildman–Crippen MR) is 78.4 cm³/mol. The van der Waals surface area contributed by atoms with Crippen molar-refractivity contribution in [3.8, 4) is 0 Å². The van der Waals surface area contributed by atoms with Gasteiger partial charge in [0.2, 0.25) is 0 Å². The maximum Gasteiger partial charge on any atom is 0.291 e. The molecule has 0 saturated heterocycles. The SMILES string of the molecule is CCCCSC1=NCC2C=C(OCC)C(=O)NC2=N1. The zero-order valence-corrected chi connectivity index (χ0v) is 12.1. The van der Waals surface area contributed by atoms with E-state index in [9.17, 15) is 4.79 Å². The van der Waals surface area contributed by atoms with Gasteiger partial charge in [-0.05, 0) is 19.4 Å². The van der Waals surface area contributed by atoms with E-state index >= 15 is 0 Å². The molecular weight excluding hydrogens is 262 g/mol. The average molecular weight is 281 g/mol. The molecule has 19 heavy (non-hydrogen) atoms.